The third-order valence-electron chi connectivity index (χ3n) is 4.64. The van der Waals surface area contributed by atoms with Crippen LogP contribution in [0.5, 0.6) is 0 Å². The van der Waals surface area contributed by atoms with Gasteiger partial charge < -0.3 is 5.11 Å². The van der Waals surface area contributed by atoms with Gasteiger partial charge >= 0.3 is 0 Å². The van der Waals surface area contributed by atoms with E-state index in [1.807, 2.05) is 12.1 Å². The third kappa shape index (κ3) is 2.25. The molecule has 0 aliphatic heterocycles. The number of aliphatic hydroxyl groups is 1. The van der Waals surface area contributed by atoms with Crippen LogP contribution in [0.25, 0.3) is 0 Å². The van der Waals surface area contributed by atoms with Crippen LogP contribution in [0.15, 0.2) is 71.8 Å². The molecule has 0 unspecified atom stereocenters. The molecule has 3 nitrogen and oxygen atoms in total. The molecule has 3 rings (SSSR count). The average molecular weight is 306 g/mol. The van der Waals surface area contributed by atoms with Gasteiger partial charge in [0, 0.05) is 22.6 Å². The lowest BCUT2D eigenvalue weighted by Gasteiger charge is -2.28. The molecule has 1 aliphatic rings. The molecule has 0 spiro atoms. The second-order valence-electron chi connectivity index (χ2n) is 5.92. The number of Topliss-reactive ketones (excluding diaryl/α,β-unsaturated/α-hetero) is 2. The minimum atomic E-state index is -1.68. The van der Waals surface area contributed by atoms with E-state index in [0.29, 0.717) is 22.3 Å². The standard InChI is InChI=1S/C20H18O3/c1-13-17(18(21)15-9-5-3-6-10-15)14(2)20(23,19(13)22)16-11-7-4-8-12-16/h3-12,14,23H,1-2H3/t14-,20+/m0/s1. The molecule has 2 aromatic carbocycles. The van der Waals surface area contributed by atoms with E-state index < -0.39 is 17.3 Å². The van der Waals surface area contributed by atoms with E-state index in [1.165, 1.54) is 0 Å². The maximum absolute atomic E-state index is 12.8. The number of carbonyl (C=O) groups is 2. The molecular weight excluding hydrogens is 288 g/mol. The van der Waals surface area contributed by atoms with Gasteiger partial charge in [-0.25, -0.2) is 0 Å². The lowest BCUT2D eigenvalue weighted by Crippen LogP contribution is -2.38. The van der Waals surface area contributed by atoms with Gasteiger partial charge in [-0.3, -0.25) is 9.59 Å². The topological polar surface area (TPSA) is 54.4 Å². The molecule has 0 radical (unpaired) electrons. The Kier molecular flexibility index (Phi) is 3.74. The van der Waals surface area contributed by atoms with Crippen molar-refractivity contribution in [3.05, 3.63) is 82.9 Å². The largest absolute Gasteiger partial charge is 0.376 e. The van der Waals surface area contributed by atoms with Crippen molar-refractivity contribution < 1.29 is 14.7 Å². The number of ketones is 2. The Morgan fingerprint density at radius 1 is 1.00 bits per heavy atom. The summed E-state index contributed by atoms with van der Waals surface area (Å²) in [4.78, 5) is 25.5. The summed E-state index contributed by atoms with van der Waals surface area (Å²) >= 11 is 0. The highest BCUT2D eigenvalue weighted by molar-refractivity contribution is 6.19. The van der Waals surface area contributed by atoms with Crippen LogP contribution in [0, 0.1) is 5.92 Å². The first kappa shape index (κ1) is 15.4. The van der Waals surface area contributed by atoms with Crippen LogP contribution in [-0.2, 0) is 10.4 Å². The summed E-state index contributed by atoms with van der Waals surface area (Å²) in [6, 6.07) is 17.7. The van der Waals surface area contributed by atoms with Gasteiger partial charge in [0.15, 0.2) is 17.2 Å². The third-order valence-corrected chi connectivity index (χ3v) is 4.64. The predicted octanol–water partition coefficient (Wildman–Crippen LogP) is 3.29. The molecule has 3 heteroatoms. The van der Waals surface area contributed by atoms with Crippen LogP contribution in [0.4, 0.5) is 0 Å². The minimum absolute atomic E-state index is 0.198. The van der Waals surface area contributed by atoms with Crippen LogP contribution in [0.1, 0.15) is 29.8 Å². The number of hydrogen-bond acceptors (Lipinski definition) is 3. The molecule has 0 fully saturated rings. The van der Waals surface area contributed by atoms with Gasteiger partial charge in [0.05, 0.1) is 0 Å². The predicted molar refractivity (Wildman–Crippen MR) is 88.0 cm³/mol. The lowest BCUT2D eigenvalue weighted by molar-refractivity contribution is -0.135. The average Bonchev–Trinajstić information content (AvgIpc) is 2.77. The summed E-state index contributed by atoms with van der Waals surface area (Å²) in [6.07, 6.45) is 0. The van der Waals surface area contributed by atoms with Gasteiger partial charge in [0.25, 0.3) is 0 Å². The van der Waals surface area contributed by atoms with E-state index in [4.69, 9.17) is 0 Å². The van der Waals surface area contributed by atoms with Crippen LogP contribution in [0.2, 0.25) is 0 Å². The minimum Gasteiger partial charge on any atom is -0.376 e. The van der Waals surface area contributed by atoms with E-state index in [9.17, 15) is 14.7 Å². The molecule has 0 saturated carbocycles. The highest BCUT2D eigenvalue weighted by Gasteiger charge is 2.52. The van der Waals surface area contributed by atoms with Gasteiger partial charge in [0.1, 0.15) is 0 Å². The maximum Gasteiger partial charge on any atom is 0.195 e. The fraction of sp³-hybridized carbons (Fsp3) is 0.200. The van der Waals surface area contributed by atoms with E-state index in [0.717, 1.165) is 0 Å². The molecular formula is C20H18O3. The number of benzene rings is 2. The number of hydrogen-bond donors (Lipinski definition) is 1. The molecule has 2 aromatic rings. The Hall–Kier alpha value is -2.52. The first-order valence-corrected chi connectivity index (χ1v) is 7.61. The Bertz CT molecular complexity index is 790. The summed E-state index contributed by atoms with van der Waals surface area (Å²) in [5.41, 5.74) is 0.113. The molecule has 0 amide bonds. The van der Waals surface area contributed by atoms with E-state index in [-0.39, 0.29) is 5.78 Å². The second kappa shape index (κ2) is 5.60. The monoisotopic (exact) mass is 306 g/mol. The molecule has 1 aliphatic carbocycles. The molecule has 1 N–H and O–H groups in total. The van der Waals surface area contributed by atoms with Crippen molar-refractivity contribution in [2.45, 2.75) is 19.4 Å². The molecule has 2 atom stereocenters. The summed E-state index contributed by atoms with van der Waals surface area (Å²) in [5, 5.41) is 11.1. The number of carbonyl (C=O) groups excluding carboxylic acids is 2. The Labute approximate surface area is 135 Å². The highest BCUT2D eigenvalue weighted by Crippen LogP contribution is 2.45. The number of rotatable bonds is 3. The van der Waals surface area contributed by atoms with Gasteiger partial charge in [-0.2, -0.15) is 0 Å². The van der Waals surface area contributed by atoms with Gasteiger partial charge in [-0.1, -0.05) is 67.6 Å². The van der Waals surface area contributed by atoms with Crippen molar-refractivity contribution in [2.24, 2.45) is 5.92 Å². The zero-order chi connectivity index (χ0) is 16.6. The van der Waals surface area contributed by atoms with E-state index in [1.54, 1.807) is 62.4 Å². The summed E-state index contributed by atoms with van der Waals surface area (Å²) in [5.74, 6) is -1.18. The van der Waals surface area contributed by atoms with Crippen molar-refractivity contribution >= 4 is 11.6 Å². The zero-order valence-corrected chi connectivity index (χ0v) is 13.1. The van der Waals surface area contributed by atoms with Crippen LogP contribution in [-0.4, -0.2) is 16.7 Å². The molecule has 0 bridgehead atoms. The smallest absolute Gasteiger partial charge is 0.195 e. The summed E-state index contributed by atoms with van der Waals surface area (Å²) in [6.45, 7) is 3.35. The fourth-order valence-corrected chi connectivity index (χ4v) is 3.32. The zero-order valence-electron chi connectivity index (χ0n) is 13.1. The Balaban J connectivity index is 2.07. The van der Waals surface area contributed by atoms with Crippen molar-refractivity contribution in [2.75, 3.05) is 0 Å². The van der Waals surface area contributed by atoms with Crippen LogP contribution >= 0.6 is 0 Å². The molecule has 23 heavy (non-hydrogen) atoms. The van der Waals surface area contributed by atoms with Crippen LogP contribution in [0.3, 0.4) is 0 Å². The van der Waals surface area contributed by atoms with Gasteiger partial charge in [-0.05, 0) is 12.5 Å². The van der Waals surface area contributed by atoms with Crippen molar-refractivity contribution in [1.82, 2.24) is 0 Å². The lowest BCUT2D eigenvalue weighted by atomic mass is 9.80. The van der Waals surface area contributed by atoms with Gasteiger partial charge in [-0.15, -0.1) is 0 Å². The Morgan fingerprint density at radius 3 is 2.09 bits per heavy atom. The summed E-state index contributed by atoms with van der Waals surface area (Å²) in [7, 11) is 0. The normalized spacial score (nSPS) is 24.1. The molecule has 0 aromatic heterocycles. The van der Waals surface area contributed by atoms with Gasteiger partial charge in [0.2, 0.25) is 0 Å². The molecule has 116 valence electrons. The Morgan fingerprint density at radius 2 is 1.52 bits per heavy atom. The quantitative estimate of drug-likeness (QED) is 0.885. The fourth-order valence-electron chi connectivity index (χ4n) is 3.32. The first-order valence-electron chi connectivity index (χ1n) is 7.61. The van der Waals surface area contributed by atoms with E-state index in [2.05, 4.69) is 0 Å². The summed E-state index contributed by atoms with van der Waals surface area (Å²) < 4.78 is 0. The van der Waals surface area contributed by atoms with Crippen molar-refractivity contribution in [1.29, 1.82) is 0 Å². The molecule has 0 saturated heterocycles. The highest BCUT2D eigenvalue weighted by atomic mass is 16.3. The van der Waals surface area contributed by atoms with E-state index >= 15 is 0 Å². The SMILES string of the molecule is CC1=C(C(=O)c2ccccc2)[C@H](C)[C@@](O)(c2ccccc2)C1=O. The van der Waals surface area contributed by atoms with Crippen molar-refractivity contribution in [3.63, 3.8) is 0 Å². The maximum atomic E-state index is 12.8. The van der Waals surface area contributed by atoms with Crippen LogP contribution < -0.4 is 0 Å². The van der Waals surface area contributed by atoms with Crippen molar-refractivity contribution in [3.8, 4) is 0 Å². The molecule has 0 heterocycles. The first-order chi connectivity index (χ1) is 11.0. The second-order valence-corrected chi connectivity index (χ2v) is 5.92.